The van der Waals surface area contributed by atoms with Crippen LogP contribution in [0.3, 0.4) is 0 Å². The molecule has 0 unspecified atom stereocenters. The average Bonchev–Trinajstić information content (AvgIpc) is 3.08. The maximum absolute atomic E-state index is 11.9. The molecule has 25 heavy (non-hydrogen) atoms. The number of carbonyl (C=O) groups excluding carboxylic acids is 1. The molecule has 0 saturated carbocycles. The number of halogens is 1. The quantitative estimate of drug-likeness (QED) is 0.658. The largest absolute Gasteiger partial charge is 0.411 e. The van der Waals surface area contributed by atoms with E-state index in [0.29, 0.717) is 22.7 Å². The first-order valence-corrected chi connectivity index (χ1v) is 9.01. The van der Waals surface area contributed by atoms with Crippen molar-refractivity contribution in [1.29, 1.82) is 0 Å². The third-order valence-corrected chi connectivity index (χ3v) is 4.46. The highest BCUT2D eigenvalue weighted by Gasteiger charge is 2.11. The molecule has 0 aliphatic heterocycles. The van der Waals surface area contributed by atoms with Crippen molar-refractivity contribution in [3.8, 4) is 11.5 Å². The van der Waals surface area contributed by atoms with Crippen LogP contribution in [0.4, 0.5) is 0 Å². The number of hydrogen-bond acceptors (Lipinski definition) is 5. The second-order valence-electron chi connectivity index (χ2n) is 5.43. The van der Waals surface area contributed by atoms with Gasteiger partial charge in [0.15, 0.2) is 0 Å². The molecule has 0 spiro atoms. The van der Waals surface area contributed by atoms with Crippen LogP contribution in [0.25, 0.3) is 11.5 Å². The van der Waals surface area contributed by atoms with E-state index in [1.165, 1.54) is 11.8 Å². The topological polar surface area (TPSA) is 68.0 Å². The molecular weight excluding hydrogens is 358 g/mol. The summed E-state index contributed by atoms with van der Waals surface area (Å²) in [5, 5.41) is 11.8. The number of amides is 1. The monoisotopic (exact) mass is 373 g/mol. The summed E-state index contributed by atoms with van der Waals surface area (Å²) in [6, 6.07) is 15.2. The minimum absolute atomic E-state index is 0.111. The molecule has 3 aromatic rings. The van der Waals surface area contributed by atoms with E-state index in [4.69, 9.17) is 16.0 Å². The van der Waals surface area contributed by atoms with Gasteiger partial charge < -0.3 is 9.73 Å². The van der Waals surface area contributed by atoms with Crippen LogP contribution < -0.4 is 5.32 Å². The van der Waals surface area contributed by atoms with Crippen molar-refractivity contribution >= 4 is 29.3 Å². The Morgan fingerprint density at radius 2 is 2.00 bits per heavy atom. The standard InChI is InChI=1S/C18H16ClN3O2S/c1-12-5-7-14(8-6-12)17-21-22-18(24-17)25-11-16(23)20-10-13-3-2-4-15(19)9-13/h2-9H,10-11H2,1H3,(H,20,23). The highest BCUT2D eigenvalue weighted by Crippen LogP contribution is 2.23. The Morgan fingerprint density at radius 3 is 2.76 bits per heavy atom. The van der Waals surface area contributed by atoms with Crippen LogP contribution in [0.15, 0.2) is 58.2 Å². The lowest BCUT2D eigenvalue weighted by atomic mass is 10.1. The molecule has 128 valence electrons. The summed E-state index contributed by atoms with van der Waals surface area (Å²) in [7, 11) is 0. The van der Waals surface area contributed by atoms with E-state index < -0.39 is 0 Å². The first kappa shape index (κ1) is 17.5. The van der Waals surface area contributed by atoms with Crippen LogP contribution in [0.1, 0.15) is 11.1 Å². The van der Waals surface area contributed by atoms with Crippen molar-refractivity contribution in [1.82, 2.24) is 15.5 Å². The lowest BCUT2D eigenvalue weighted by molar-refractivity contribution is -0.118. The maximum Gasteiger partial charge on any atom is 0.277 e. The molecule has 5 nitrogen and oxygen atoms in total. The Kier molecular flexibility index (Phi) is 5.73. The molecule has 0 bridgehead atoms. The van der Waals surface area contributed by atoms with Gasteiger partial charge in [0.2, 0.25) is 11.8 Å². The Hall–Kier alpha value is -2.31. The molecule has 0 saturated heterocycles. The molecule has 0 aliphatic rings. The van der Waals surface area contributed by atoms with Crippen molar-refractivity contribution in [2.45, 2.75) is 18.7 Å². The number of aromatic nitrogens is 2. The van der Waals surface area contributed by atoms with Crippen LogP contribution in [0.5, 0.6) is 0 Å². The number of nitrogens with one attached hydrogen (secondary N) is 1. The molecule has 2 aromatic carbocycles. The highest BCUT2D eigenvalue weighted by molar-refractivity contribution is 7.99. The molecule has 1 heterocycles. The summed E-state index contributed by atoms with van der Waals surface area (Å²) in [6.07, 6.45) is 0. The predicted octanol–water partition coefficient (Wildman–Crippen LogP) is 4.11. The van der Waals surface area contributed by atoms with Crippen LogP contribution >= 0.6 is 23.4 Å². The normalized spacial score (nSPS) is 10.6. The Balaban J connectivity index is 1.50. The SMILES string of the molecule is Cc1ccc(-c2nnc(SCC(=O)NCc3cccc(Cl)c3)o2)cc1. The van der Waals surface area contributed by atoms with E-state index in [1.54, 1.807) is 6.07 Å². The molecule has 0 fully saturated rings. The van der Waals surface area contributed by atoms with Gasteiger partial charge in [-0.25, -0.2) is 0 Å². The van der Waals surface area contributed by atoms with Gasteiger partial charge in [-0.05, 0) is 36.8 Å². The van der Waals surface area contributed by atoms with Crippen molar-refractivity contribution in [2.24, 2.45) is 0 Å². The van der Waals surface area contributed by atoms with Gasteiger partial charge in [0.05, 0.1) is 5.75 Å². The van der Waals surface area contributed by atoms with Gasteiger partial charge in [-0.15, -0.1) is 10.2 Å². The highest BCUT2D eigenvalue weighted by atomic mass is 35.5. The molecule has 0 aliphatic carbocycles. The van der Waals surface area contributed by atoms with Gasteiger partial charge in [-0.3, -0.25) is 4.79 Å². The summed E-state index contributed by atoms with van der Waals surface area (Å²) >= 11 is 7.13. The van der Waals surface area contributed by atoms with Crippen LogP contribution in [0.2, 0.25) is 5.02 Å². The summed E-state index contributed by atoms with van der Waals surface area (Å²) in [4.78, 5) is 11.9. The van der Waals surface area contributed by atoms with Crippen LogP contribution in [-0.2, 0) is 11.3 Å². The zero-order valence-corrected chi connectivity index (χ0v) is 15.1. The van der Waals surface area contributed by atoms with Gasteiger partial charge in [-0.1, -0.05) is 53.2 Å². The second-order valence-corrected chi connectivity index (χ2v) is 6.80. The van der Waals surface area contributed by atoms with Gasteiger partial charge in [0.25, 0.3) is 5.22 Å². The third-order valence-electron chi connectivity index (χ3n) is 3.41. The smallest absolute Gasteiger partial charge is 0.277 e. The molecule has 1 N–H and O–H groups in total. The minimum Gasteiger partial charge on any atom is -0.411 e. The predicted molar refractivity (Wildman–Crippen MR) is 98.5 cm³/mol. The number of aryl methyl sites for hydroxylation is 1. The number of thioether (sulfide) groups is 1. The van der Waals surface area contributed by atoms with Gasteiger partial charge in [0.1, 0.15) is 0 Å². The lowest BCUT2D eigenvalue weighted by Gasteiger charge is -2.04. The minimum atomic E-state index is -0.111. The Morgan fingerprint density at radius 1 is 1.20 bits per heavy atom. The number of rotatable bonds is 6. The summed E-state index contributed by atoms with van der Waals surface area (Å²) in [5.41, 5.74) is 2.97. The van der Waals surface area contributed by atoms with Crippen LogP contribution in [-0.4, -0.2) is 21.9 Å². The van der Waals surface area contributed by atoms with E-state index in [0.717, 1.165) is 16.7 Å². The van der Waals surface area contributed by atoms with Crippen molar-refractivity contribution in [3.05, 3.63) is 64.7 Å². The second kappa shape index (κ2) is 8.18. The van der Waals surface area contributed by atoms with Gasteiger partial charge in [0, 0.05) is 17.1 Å². The fourth-order valence-electron chi connectivity index (χ4n) is 2.11. The fraction of sp³-hybridized carbons (Fsp3) is 0.167. The summed E-state index contributed by atoms with van der Waals surface area (Å²) in [5.74, 6) is 0.540. The molecule has 0 radical (unpaired) electrons. The molecule has 7 heteroatoms. The van der Waals surface area contributed by atoms with Crippen molar-refractivity contribution < 1.29 is 9.21 Å². The number of nitrogens with zero attached hydrogens (tertiary/aromatic N) is 2. The Bertz CT molecular complexity index is 865. The zero-order chi connectivity index (χ0) is 17.6. The lowest BCUT2D eigenvalue weighted by Crippen LogP contribution is -2.24. The van der Waals surface area contributed by atoms with E-state index in [2.05, 4.69) is 15.5 Å². The fourth-order valence-corrected chi connectivity index (χ4v) is 2.91. The van der Waals surface area contributed by atoms with Gasteiger partial charge in [-0.2, -0.15) is 0 Å². The molecule has 0 atom stereocenters. The number of carbonyl (C=O) groups is 1. The van der Waals surface area contributed by atoms with Crippen LogP contribution in [0, 0.1) is 6.92 Å². The summed E-state index contributed by atoms with van der Waals surface area (Å²) in [6.45, 7) is 2.44. The van der Waals surface area contributed by atoms with Crippen molar-refractivity contribution in [2.75, 3.05) is 5.75 Å². The first-order chi connectivity index (χ1) is 12.1. The Labute approximate surface area is 154 Å². The molecule has 3 rings (SSSR count). The zero-order valence-electron chi connectivity index (χ0n) is 13.5. The molecule has 1 amide bonds. The van der Waals surface area contributed by atoms with E-state index in [9.17, 15) is 4.79 Å². The number of benzene rings is 2. The van der Waals surface area contributed by atoms with E-state index in [1.807, 2.05) is 49.4 Å². The average molecular weight is 374 g/mol. The van der Waals surface area contributed by atoms with Crippen molar-refractivity contribution in [3.63, 3.8) is 0 Å². The summed E-state index contributed by atoms with van der Waals surface area (Å²) < 4.78 is 5.58. The van der Waals surface area contributed by atoms with E-state index in [-0.39, 0.29) is 11.7 Å². The molecular formula is C18H16ClN3O2S. The third kappa shape index (κ3) is 5.08. The molecule has 1 aromatic heterocycles. The van der Waals surface area contributed by atoms with Gasteiger partial charge >= 0.3 is 0 Å². The maximum atomic E-state index is 11.9. The number of hydrogen-bond donors (Lipinski definition) is 1. The van der Waals surface area contributed by atoms with E-state index >= 15 is 0 Å². The first-order valence-electron chi connectivity index (χ1n) is 7.64.